The van der Waals surface area contributed by atoms with Crippen LogP contribution in [0.1, 0.15) is 84.0 Å². The van der Waals surface area contributed by atoms with Gasteiger partial charge in [0.1, 0.15) is 0 Å². The minimum Gasteiger partial charge on any atom is -0.370 e. The van der Waals surface area contributed by atoms with Gasteiger partial charge in [-0.2, -0.15) is 0 Å². The monoisotopic (exact) mass is 279 g/mol. The zero-order valence-corrected chi connectivity index (χ0v) is 13.3. The lowest BCUT2D eigenvalue weighted by molar-refractivity contribution is -0.0362. The molecule has 1 aliphatic heterocycles. The molecule has 1 unspecified atom stereocenters. The van der Waals surface area contributed by atoms with Crippen LogP contribution in [0.2, 0.25) is 0 Å². The maximum Gasteiger partial charge on any atom is 0.0708 e. The van der Waals surface area contributed by atoms with Gasteiger partial charge in [-0.3, -0.25) is 0 Å². The molecule has 2 heteroatoms. The lowest BCUT2D eigenvalue weighted by Gasteiger charge is -2.27. The van der Waals surface area contributed by atoms with E-state index in [1.165, 1.54) is 77.0 Å². The Labute approximate surface area is 125 Å². The van der Waals surface area contributed by atoms with Gasteiger partial charge in [0.25, 0.3) is 0 Å². The number of hydrogen-bond donors (Lipinski definition) is 1. The van der Waals surface area contributed by atoms with E-state index >= 15 is 0 Å². The maximum absolute atomic E-state index is 6.41. The third-order valence-electron chi connectivity index (χ3n) is 6.13. The van der Waals surface area contributed by atoms with Crippen molar-refractivity contribution >= 4 is 0 Å². The SMILES string of the molecule is C[C@@H](NCC1CCC2(CCCC2)O1)C1CCCCCC1. The normalized spacial score (nSPS) is 32.5. The second-order valence-electron chi connectivity index (χ2n) is 7.62. The first-order chi connectivity index (χ1) is 9.77. The summed E-state index contributed by atoms with van der Waals surface area (Å²) in [5.41, 5.74) is 0.303. The van der Waals surface area contributed by atoms with Crippen LogP contribution in [0.4, 0.5) is 0 Å². The lowest BCUT2D eigenvalue weighted by atomic mass is 9.93. The number of rotatable bonds is 4. The summed E-state index contributed by atoms with van der Waals surface area (Å²) in [6.45, 7) is 3.48. The van der Waals surface area contributed by atoms with Gasteiger partial charge in [-0.05, 0) is 51.4 Å². The van der Waals surface area contributed by atoms with Crippen LogP contribution >= 0.6 is 0 Å². The van der Waals surface area contributed by atoms with Crippen LogP contribution in [0, 0.1) is 5.92 Å². The predicted molar refractivity (Wildman–Crippen MR) is 84.0 cm³/mol. The van der Waals surface area contributed by atoms with Crippen molar-refractivity contribution in [3.05, 3.63) is 0 Å². The topological polar surface area (TPSA) is 21.3 Å². The summed E-state index contributed by atoms with van der Waals surface area (Å²) in [7, 11) is 0. The Balaban J connectivity index is 1.40. The summed E-state index contributed by atoms with van der Waals surface area (Å²) in [4.78, 5) is 0. The minimum absolute atomic E-state index is 0.303. The molecule has 0 amide bonds. The van der Waals surface area contributed by atoms with E-state index in [0.29, 0.717) is 17.7 Å². The Morgan fingerprint density at radius 3 is 2.35 bits per heavy atom. The fourth-order valence-electron chi connectivity index (χ4n) is 4.72. The zero-order valence-electron chi connectivity index (χ0n) is 13.3. The van der Waals surface area contributed by atoms with E-state index in [9.17, 15) is 0 Å². The van der Waals surface area contributed by atoms with Gasteiger partial charge >= 0.3 is 0 Å². The first-order valence-electron chi connectivity index (χ1n) is 9.19. The van der Waals surface area contributed by atoms with Crippen molar-refractivity contribution in [1.82, 2.24) is 5.32 Å². The molecule has 20 heavy (non-hydrogen) atoms. The van der Waals surface area contributed by atoms with Crippen LogP contribution < -0.4 is 5.32 Å². The quantitative estimate of drug-likeness (QED) is 0.769. The molecule has 3 rings (SSSR count). The van der Waals surface area contributed by atoms with Gasteiger partial charge in [-0.1, -0.05) is 38.5 Å². The molecule has 2 saturated carbocycles. The van der Waals surface area contributed by atoms with E-state index in [4.69, 9.17) is 4.74 Å². The first kappa shape index (κ1) is 14.8. The molecule has 3 fully saturated rings. The van der Waals surface area contributed by atoms with Gasteiger partial charge in [0.05, 0.1) is 11.7 Å². The highest BCUT2D eigenvalue weighted by atomic mass is 16.5. The Morgan fingerprint density at radius 2 is 1.65 bits per heavy atom. The highest BCUT2D eigenvalue weighted by molar-refractivity contribution is 4.93. The summed E-state index contributed by atoms with van der Waals surface area (Å²) in [5, 5.41) is 3.80. The summed E-state index contributed by atoms with van der Waals surface area (Å²) >= 11 is 0. The molecule has 1 spiro atoms. The molecule has 0 aromatic rings. The van der Waals surface area contributed by atoms with Gasteiger partial charge in [0, 0.05) is 12.6 Å². The van der Waals surface area contributed by atoms with E-state index in [1.807, 2.05) is 0 Å². The standard InChI is InChI=1S/C18H33NO/c1-15(16-8-4-2-3-5-9-16)19-14-17-10-13-18(20-17)11-6-7-12-18/h15-17,19H,2-14H2,1H3/t15-,17?/m1/s1. The number of nitrogens with one attached hydrogen (secondary N) is 1. The van der Waals surface area contributed by atoms with Crippen molar-refractivity contribution < 1.29 is 4.74 Å². The molecule has 0 radical (unpaired) electrons. The Morgan fingerprint density at radius 1 is 0.950 bits per heavy atom. The molecule has 2 nitrogen and oxygen atoms in total. The van der Waals surface area contributed by atoms with Crippen molar-refractivity contribution in [2.45, 2.75) is 102 Å². The zero-order chi connectivity index (χ0) is 13.8. The first-order valence-corrected chi connectivity index (χ1v) is 9.19. The van der Waals surface area contributed by atoms with Crippen molar-refractivity contribution in [1.29, 1.82) is 0 Å². The minimum atomic E-state index is 0.303. The molecule has 0 aromatic carbocycles. The molecule has 1 saturated heterocycles. The molecule has 3 aliphatic rings. The van der Waals surface area contributed by atoms with Crippen molar-refractivity contribution in [2.75, 3.05) is 6.54 Å². The predicted octanol–water partition coefficient (Wildman–Crippen LogP) is 4.43. The molecule has 1 N–H and O–H groups in total. The highest BCUT2D eigenvalue weighted by Gasteiger charge is 2.42. The largest absolute Gasteiger partial charge is 0.370 e. The fourth-order valence-corrected chi connectivity index (χ4v) is 4.72. The van der Waals surface area contributed by atoms with Gasteiger partial charge in [-0.25, -0.2) is 0 Å². The average molecular weight is 279 g/mol. The molecular formula is C18H33NO. The Bertz CT molecular complexity index is 288. The second kappa shape index (κ2) is 6.79. The van der Waals surface area contributed by atoms with Crippen LogP contribution in [0.15, 0.2) is 0 Å². The number of ether oxygens (including phenoxy) is 1. The third-order valence-corrected chi connectivity index (χ3v) is 6.13. The Hall–Kier alpha value is -0.0800. The molecule has 1 heterocycles. The average Bonchev–Trinajstić information content (AvgIpc) is 2.99. The van der Waals surface area contributed by atoms with Crippen molar-refractivity contribution in [2.24, 2.45) is 5.92 Å². The van der Waals surface area contributed by atoms with Crippen LogP contribution in [0.5, 0.6) is 0 Å². The van der Waals surface area contributed by atoms with Crippen LogP contribution in [0.3, 0.4) is 0 Å². The van der Waals surface area contributed by atoms with Gasteiger partial charge in [0.2, 0.25) is 0 Å². The summed E-state index contributed by atoms with van der Waals surface area (Å²) in [6, 6.07) is 0.678. The summed E-state index contributed by atoms with van der Waals surface area (Å²) in [6.07, 6.45) is 17.2. The van der Waals surface area contributed by atoms with Crippen LogP contribution in [0.25, 0.3) is 0 Å². The van der Waals surface area contributed by atoms with E-state index < -0.39 is 0 Å². The number of hydrogen-bond acceptors (Lipinski definition) is 2. The van der Waals surface area contributed by atoms with Crippen LogP contribution in [-0.2, 0) is 4.74 Å². The molecule has 116 valence electrons. The van der Waals surface area contributed by atoms with E-state index in [2.05, 4.69) is 12.2 Å². The molecular weight excluding hydrogens is 246 g/mol. The molecule has 0 bridgehead atoms. The van der Waals surface area contributed by atoms with E-state index in [0.717, 1.165) is 12.5 Å². The van der Waals surface area contributed by atoms with Crippen molar-refractivity contribution in [3.63, 3.8) is 0 Å². The van der Waals surface area contributed by atoms with E-state index in [1.54, 1.807) is 0 Å². The van der Waals surface area contributed by atoms with Gasteiger partial charge in [-0.15, -0.1) is 0 Å². The Kier molecular flexibility index (Phi) is 5.04. The smallest absolute Gasteiger partial charge is 0.0708 e. The van der Waals surface area contributed by atoms with Crippen molar-refractivity contribution in [3.8, 4) is 0 Å². The van der Waals surface area contributed by atoms with E-state index in [-0.39, 0.29) is 0 Å². The molecule has 0 aromatic heterocycles. The molecule has 2 aliphatic carbocycles. The lowest BCUT2D eigenvalue weighted by Crippen LogP contribution is -2.39. The maximum atomic E-state index is 6.41. The summed E-state index contributed by atoms with van der Waals surface area (Å²) in [5.74, 6) is 0.902. The third kappa shape index (κ3) is 3.57. The summed E-state index contributed by atoms with van der Waals surface area (Å²) < 4.78 is 6.41. The van der Waals surface area contributed by atoms with Gasteiger partial charge in [0.15, 0.2) is 0 Å². The highest BCUT2D eigenvalue weighted by Crippen LogP contribution is 2.43. The second-order valence-corrected chi connectivity index (χ2v) is 7.62. The molecule has 2 atom stereocenters. The van der Waals surface area contributed by atoms with Crippen LogP contribution in [-0.4, -0.2) is 24.3 Å². The fraction of sp³-hybridized carbons (Fsp3) is 1.00. The van der Waals surface area contributed by atoms with Gasteiger partial charge < -0.3 is 10.1 Å².